The van der Waals surface area contributed by atoms with E-state index >= 15 is 0 Å². The van der Waals surface area contributed by atoms with E-state index in [-0.39, 0.29) is 0 Å². The molecule has 1 saturated carbocycles. The summed E-state index contributed by atoms with van der Waals surface area (Å²) in [5.74, 6) is 3.39. The third-order valence-corrected chi connectivity index (χ3v) is 5.02. The van der Waals surface area contributed by atoms with Crippen molar-refractivity contribution < 1.29 is 0 Å². The topological polar surface area (TPSA) is 49.8 Å². The minimum Gasteiger partial charge on any atom is -0.373 e. The van der Waals surface area contributed by atoms with Crippen molar-refractivity contribution in [3.8, 4) is 0 Å². The van der Waals surface area contributed by atoms with E-state index in [0.717, 1.165) is 33.4 Å². The molecule has 2 aromatic heterocycles. The van der Waals surface area contributed by atoms with Gasteiger partial charge in [-0.15, -0.1) is 11.3 Å². The van der Waals surface area contributed by atoms with Crippen molar-refractivity contribution in [3.63, 3.8) is 0 Å². The molecular weight excluding hydrogens is 336 g/mol. The van der Waals surface area contributed by atoms with Crippen LogP contribution in [0, 0.1) is 6.92 Å². The van der Waals surface area contributed by atoms with E-state index in [1.165, 1.54) is 17.7 Å². The van der Waals surface area contributed by atoms with E-state index in [1.54, 1.807) is 11.3 Å². The second-order valence-corrected chi connectivity index (χ2v) is 7.54. The van der Waals surface area contributed by atoms with Gasteiger partial charge in [-0.05, 0) is 47.8 Å². The Hall–Kier alpha value is -1.14. The van der Waals surface area contributed by atoms with E-state index in [4.69, 9.17) is 4.98 Å². The number of aromatic nitrogens is 2. The highest BCUT2D eigenvalue weighted by molar-refractivity contribution is 9.11. The zero-order valence-corrected chi connectivity index (χ0v) is 13.9. The SMILES string of the molecule is CNc1nc(C2CC2)nc(NCc2ccc(Br)s2)c1C. The van der Waals surface area contributed by atoms with E-state index < -0.39 is 0 Å². The number of halogens is 1. The number of anilines is 2. The van der Waals surface area contributed by atoms with E-state index in [2.05, 4.69) is 50.6 Å². The summed E-state index contributed by atoms with van der Waals surface area (Å²) in [5.41, 5.74) is 1.08. The molecule has 0 aliphatic heterocycles. The summed E-state index contributed by atoms with van der Waals surface area (Å²) in [6, 6.07) is 4.20. The van der Waals surface area contributed by atoms with Gasteiger partial charge in [-0.25, -0.2) is 9.97 Å². The Morgan fingerprint density at radius 2 is 2.05 bits per heavy atom. The molecule has 1 aliphatic carbocycles. The summed E-state index contributed by atoms with van der Waals surface area (Å²) in [6.45, 7) is 2.84. The summed E-state index contributed by atoms with van der Waals surface area (Å²) in [7, 11) is 1.91. The van der Waals surface area contributed by atoms with Crippen molar-refractivity contribution in [1.29, 1.82) is 0 Å². The van der Waals surface area contributed by atoms with Gasteiger partial charge in [0.15, 0.2) is 0 Å². The van der Waals surface area contributed by atoms with Crippen molar-refractivity contribution in [2.45, 2.75) is 32.2 Å². The highest BCUT2D eigenvalue weighted by Gasteiger charge is 2.28. The standard InChI is InChI=1S/C14H17BrN4S/c1-8-12(16-2)18-14(9-3-4-9)19-13(8)17-7-10-5-6-11(15)20-10/h5-6,9H,3-4,7H2,1-2H3,(H2,16,17,18,19). The lowest BCUT2D eigenvalue weighted by Crippen LogP contribution is -2.09. The molecule has 106 valence electrons. The van der Waals surface area contributed by atoms with Crippen LogP contribution in [0.4, 0.5) is 11.6 Å². The maximum atomic E-state index is 4.70. The lowest BCUT2D eigenvalue weighted by Gasteiger charge is -2.13. The first-order valence-electron chi connectivity index (χ1n) is 6.71. The Labute approximate surface area is 131 Å². The molecule has 3 rings (SSSR count). The molecule has 0 amide bonds. The van der Waals surface area contributed by atoms with Gasteiger partial charge in [-0.1, -0.05) is 0 Å². The van der Waals surface area contributed by atoms with Crippen LogP contribution in [0.1, 0.15) is 35.0 Å². The summed E-state index contributed by atoms with van der Waals surface area (Å²) in [5, 5.41) is 6.60. The Balaban J connectivity index is 1.81. The van der Waals surface area contributed by atoms with Crippen LogP contribution >= 0.6 is 27.3 Å². The summed E-state index contributed by atoms with van der Waals surface area (Å²) >= 11 is 5.23. The molecule has 2 N–H and O–H groups in total. The van der Waals surface area contributed by atoms with Gasteiger partial charge in [0, 0.05) is 23.4 Å². The first-order chi connectivity index (χ1) is 9.67. The number of nitrogens with one attached hydrogen (secondary N) is 2. The fourth-order valence-corrected chi connectivity index (χ4v) is 3.51. The van der Waals surface area contributed by atoms with Gasteiger partial charge < -0.3 is 10.6 Å². The molecule has 0 radical (unpaired) electrons. The van der Waals surface area contributed by atoms with Crippen LogP contribution in [0.5, 0.6) is 0 Å². The van der Waals surface area contributed by atoms with Crippen LogP contribution in [-0.2, 0) is 6.54 Å². The predicted octanol–water partition coefficient (Wildman–Crippen LogP) is 4.14. The fraction of sp³-hybridized carbons (Fsp3) is 0.429. The smallest absolute Gasteiger partial charge is 0.136 e. The zero-order chi connectivity index (χ0) is 14.1. The molecule has 1 aliphatic rings. The maximum Gasteiger partial charge on any atom is 0.136 e. The number of nitrogens with zero attached hydrogens (tertiary/aromatic N) is 2. The van der Waals surface area contributed by atoms with Gasteiger partial charge in [0.1, 0.15) is 17.5 Å². The molecule has 20 heavy (non-hydrogen) atoms. The van der Waals surface area contributed by atoms with Gasteiger partial charge in [0.05, 0.1) is 10.3 Å². The first kappa shape index (κ1) is 13.8. The van der Waals surface area contributed by atoms with Crippen LogP contribution < -0.4 is 10.6 Å². The number of thiophene rings is 1. The van der Waals surface area contributed by atoms with Crippen LogP contribution in [-0.4, -0.2) is 17.0 Å². The maximum absolute atomic E-state index is 4.70. The molecule has 2 heterocycles. The molecule has 0 saturated heterocycles. The zero-order valence-electron chi connectivity index (χ0n) is 11.5. The van der Waals surface area contributed by atoms with Crippen LogP contribution in [0.25, 0.3) is 0 Å². The molecule has 0 spiro atoms. The van der Waals surface area contributed by atoms with Gasteiger partial charge in [-0.2, -0.15) is 0 Å². The minimum absolute atomic E-state index is 0.555. The van der Waals surface area contributed by atoms with Gasteiger partial charge in [-0.3, -0.25) is 0 Å². The summed E-state index contributed by atoms with van der Waals surface area (Å²) < 4.78 is 1.16. The van der Waals surface area contributed by atoms with Gasteiger partial charge in [0.25, 0.3) is 0 Å². The van der Waals surface area contributed by atoms with Crippen molar-refractivity contribution >= 4 is 38.9 Å². The van der Waals surface area contributed by atoms with Crippen LogP contribution in [0.2, 0.25) is 0 Å². The second-order valence-electron chi connectivity index (χ2n) is 4.99. The molecule has 2 aromatic rings. The number of rotatable bonds is 5. The number of hydrogen-bond donors (Lipinski definition) is 2. The Morgan fingerprint density at radius 1 is 1.30 bits per heavy atom. The molecule has 6 heteroatoms. The normalized spacial score (nSPS) is 14.3. The fourth-order valence-electron chi connectivity index (χ4n) is 2.09. The van der Waals surface area contributed by atoms with Crippen molar-refractivity contribution in [2.75, 3.05) is 17.7 Å². The molecule has 0 bridgehead atoms. The quantitative estimate of drug-likeness (QED) is 0.848. The molecule has 1 fully saturated rings. The first-order valence-corrected chi connectivity index (χ1v) is 8.32. The lowest BCUT2D eigenvalue weighted by molar-refractivity contribution is 0.915. The molecule has 0 unspecified atom stereocenters. The highest BCUT2D eigenvalue weighted by atomic mass is 79.9. The van der Waals surface area contributed by atoms with E-state index in [9.17, 15) is 0 Å². The van der Waals surface area contributed by atoms with E-state index in [1.807, 2.05) is 7.05 Å². The number of hydrogen-bond acceptors (Lipinski definition) is 5. The van der Waals surface area contributed by atoms with Crippen molar-refractivity contribution in [1.82, 2.24) is 9.97 Å². The van der Waals surface area contributed by atoms with Gasteiger partial charge in [0.2, 0.25) is 0 Å². The highest BCUT2D eigenvalue weighted by Crippen LogP contribution is 2.39. The van der Waals surface area contributed by atoms with Crippen molar-refractivity contribution in [2.24, 2.45) is 0 Å². The average molecular weight is 353 g/mol. The average Bonchev–Trinajstić information content (AvgIpc) is 3.21. The molecule has 0 aromatic carbocycles. The predicted molar refractivity (Wildman–Crippen MR) is 87.6 cm³/mol. The monoisotopic (exact) mass is 352 g/mol. The van der Waals surface area contributed by atoms with Crippen molar-refractivity contribution in [3.05, 3.63) is 32.2 Å². The van der Waals surface area contributed by atoms with Gasteiger partial charge >= 0.3 is 0 Å². The Morgan fingerprint density at radius 3 is 2.65 bits per heavy atom. The van der Waals surface area contributed by atoms with Crippen LogP contribution in [0.15, 0.2) is 15.9 Å². The second kappa shape index (κ2) is 5.69. The van der Waals surface area contributed by atoms with E-state index in [0.29, 0.717) is 5.92 Å². The molecule has 0 atom stereocenters. The third-order valence-electron chi connectivity index (χ3n) is 3.40. The third kappa shape index (κ3) is 2.96. The lowest BCUT2D eigenvalue weighted by atomic mass is 10.2. The molecule has 4 nitrogen and oxygen atoms in total. The minimum atomic E-state index is 0.555. The Kier molecular flexibility index (Phi) is 3.94. The Bertz CT molecular complexity index is 622. The summed E-state index contributed by atoms with van der Waals surface area (Å²) in [4.78, 5) is 10.6. The largest absolute Gasteiger partial charge is 0.373 e. The van der Waals surface area contributed by atoms with Crippen LogP contribution in [0.3, 0.4) is 0 Å². The summed E-state index contributed by atoms with van der Waals surface area (Å²) in [6.07, 6.45) is 2.42. The molecular formula is C14H17BrN4S.